The van der Waals surface area contributed by atoms with Gasteiger partial charge >= 0.3 is 0 Å². The standard InChI is InChI=1S/C20H18BrClN4O3/c1-12(27)23-16-10-7-14(21)11-17(16)24-18(28)3-2-4-19-25-20(26-29-19)13-5-8-15(22)9-6-13/h5-11H,2-4H2,1H3,(H,23,27)(H,24,28). The molecule has 29 heavy (non-hydrogen) atoms. The molecule has 2 N–H and O–H groups in total. The summed E-state index contributed by atoms with van der Waals surface area (Å²) in [5, 5.41) is 10.1. The van der Waals surface area contributed by atoms with Gasteiger partial charge < -0.3 is 15.2 Å². The van der Waals surface area contributed by atoms with Crippen LogP contribution in [0.4, 0.5) is 11.4 Å². The van der Waals surface area contributed by atoms with Crippen LogP contribution in [0.3, 0.4) is 0 Å². The minimum Gasteiger partial charge on any atom is -0.339 e. The fourth-order valence-corrected chi connectivity index (χ4v) is 3.09. The van der Waals surface area contributed by atoms with E-state index in [9.17, 15) is 9.59 Å². The third-order valence-corrected chi connectivity index (χ3v) is 4.68. The molecule has 0 saturated heterocycles. The van der Waals surface area contributed by atoms with Gasteiger partial charge in [-0.05, 0) is 48.9 Å². The number of hydrogen-bond acceptors (Lipinski definition) is 5. The molecule has 0 bridgehead atoms. The molecule has 0 aliphatic carbocycles. The Morgan fingerprint density at radius 3 is 2.59 bits per heavy atom. The van der Waals surface area contributed by atoms with Gasteiger partial charge in [0.05, 0.1) is 11.4 Å². The highest BCUT2D eigenvalue weighted by Crippen LogP contribution is 2.26. The second-order valence-electron chi connectivity index (χ2n) is 6.29. The van der Waals surface area contributed by atoms with Gasteiger partial charge in [-0.15, -0.1) is 0 Å². The molecule has 0 atom stereocenters. The fraction of sp³-hybridized carbons (Fsp3) is 0.200. The number of carbonyl (C=O) groups excluding carboxylic acids is 2. The maximum absolute atomic E-state index is 12.3. The van der Waals surface area contributed by atoms with Crippen LogP contribution in [0, 0.1) is 0 Å². The summed E-state index contributed by atoms with van der Waals surface area (Å²) in [5.74, 6) is 0.558. The molecule has 0 aliphatic rings. The molecule has 2 amide bonds. The second-order valence-corrected chi connectivity index (χ2v) is 7.64. The number of aryl methyl sites for hydroxylation is 1. The first-order valence-corrected chi connectivity index (χ1v) is 10.0. The summed E-state index contributed by atoms with van der Waals surface area (Å²) < 4.78 is 6.04. The van der Waals surface area contributed by atoms with Gasteiger partial charge in [-0.3, -0.25) is 9.59 Å². The lowest BCUT2D eigenvalue weighted by Crippen LogP contribution is -2.15. The van der Waals surface area contributed by atoms with E-state index < -0.39 is 0 Å². The smallest absolute Gasteiger partial charge is 0.226 e. The summed E-state index contributed by atoms with van der Waals surface area (Å²) in [4.78, 5) is 28.0. The van der Waals surface area contributed by atoms with E-state index in [-0.39, 0.29) is 18.2 Å². The molecule has 0 spiro atoms. The van der Waals surface area contributed by atoms with Crippen molar-refractivity contribution in [1.29, 1.82) is 0 Å². The molecule has 0 unspecified atom stereocenters. The van der Waals surface area contributed by atoms with Crippen LogP contribution in [0.2, 0.25) is 5.02 Å². The van der Waals surface area contributed by atoms with Crippen molar-refractivity contribution in [2.24, 2.45) is 0 Å². The van der Waals surface area contributed by atoms with Crippen LogP contribution in [-0.4, -0.2) is 22.0 Å². The Balaban J connectivity index is 1.54. The van der Waals surface area contributed by atoms with E-state index in [1.165, 1.54) is 6.92 Å². The van der Waals surface area contributed by atoms with Gasteiger partial charge in [-0.1, -0.05) is 32.7 Å². The SMILES string of the molecule is CC(=O)Nc1ccc(Br)cc1NC(=O)CCCc1nc(-c2ccc(Cl)cc2)no1. The lowest BCUT2D eigenvalue weighted by molar-refractivity contribution is -0.116. The number of nitrogens with zero attached hydrogens (tertiary/aromatic N) is 2. The number of nitrogens with one attached hydrogen (secondary N) is 2. The van der Waals surface area contributed by atoms with Crippen molar-refractivity contribution in [3.8, 4) is 11.4 Å². The summed E-state index contributed by atoms with van der Waals surface area (Å²) in [5.41, 5.74) is 1.88. The molecule has 2 aromatic carbocycles. The number of benzene rings is 2. The number of halogens is 2. The van der Waals surface area contributed by atoms with Crippen molar-refractivity contribution < 1.29 is 14.1 Å². The summed E-state index contributed by atoms with van der Waals surface area (Å²) in [6.07, 6.45) is 1.29. The molecule has 9 heteroatoms. The number of rotatable bonds is 7. The zero-order valence-corrected chi connectivity index (χ0v) is 17.9. The predicted octanol–water partition coefficient (Wildman–Crippen LogP) is 5.07. The van der Waals surface area contributed by atoms with Gasteiger partial charge in [-0.2, -0.15) is 4.98 Å². The van der Waals surface area contributed by atoms with Gasteiger partial charge in [0.1, 0.15) is 0 Å². The minimum atomic E-state index is -0.212. The van der Waals surface area contributed by atoms with E-state index in [0.29, 0.717) is 41.0 Å². The lowest BCUT2D eigenvalue weighted by Gasteiger charge is -2.11. The number of amides is 2. The lowest BCUT2D eigenvalue weighted by atomic mass is 10.2. The van der Waals surface area contributed by atoms with Crippen LogP contribution in [0.15, 0.2) is 51.5 Å². The normalized spacial score (nSPS) is 10.6. The molecule has 3 rings (SSSR count). The molecule has 0 fully saturated rings. The van der Waals surface area contributed by atoms with Crippen LogP contribution in [0.5, 0.6) is 0 Å². The average molecular weight is 478 g/mol. The summed E-state index contributed by atoms with van der Waals surface area (Å²) >= 11 is 9.24. The second kappa shape index (κ2) is 9.67. The van der Waals surface area contributed by atoms with Crippen LogP contribution in [0.25, 0.3) is 11.4 Å². The maximum Gasteiger partial charge on any atom is 0.226 e. The number of carbonyl (C=O) groups is 2. The Morgan fingerprint density at radius 1 is 1.10 bits per heavy atom. The Morgan fingerprint density at radius 2 is 1.86 bits per heavy atom. The Kier molecular flexibility index (Phi) is 7.00. The highest BCUT2D eigenvalue weighted by atomic mass is 79.9. The van der Waals surface area contributed by atoms with Crippen molar-refractivity contribution in [1.82, 2.24) is 10.1 Å². The zero-order chi connectivity index (χ0) is 20.8. The highest BCUT2D eigenvalue weighted by Gasteiger charge is 2.12. The van der Waals surface area contributed by atoms with Crippen molar-refractivity contribution in [3.05, 3.63) is 57.9 Å². The first kappa shape index (κ1) is 21.0. The number of hydrogen-bond donors (Lipinski definition) is 2. The first-order chi connectivity index (χ1) is 13.9. The average Bonchev–Trinajstić information content (AvgIpc) is 3.13. The molecular weight excluding hydrogens is 460 g/mol. The Labute approximate surface area is 181 Å². The molecule has 0 aliphatic heterocycles. The van der Waals surface area contributed by atoms with Gasteiger partial charge in [0.25, 0.3) is 0 Å². The largest absolute Gasteiger partial charge is 0.339 e. The van der Waals surface area contributed by atoms with Crippen molar-refractivity contribution in [2.75, 3.05) is 10.6 Å². The summed E-state index contributed by atoms with van der Waals surface area (Å²) in [6.45, 7) is 1.41. The van der Waals surface area contributed by atoms with Crippen molar-refractivity contribution in [2.45, 2.75) is 26.2 Å². The van der Waals surface area contributed by atoms with Crippen molar-refractivity contribution in [3.63, 3.8) is 0 Å². The van der Waals surface area contributed by atoms with E-state index >= 15 is 0 Å². The van der Waals surface area contributed by atoms with Crippen molar-refractivity contribution >= 4 is 50.7 Å². The maximum atomic E-state index is 12.3. The zero-order valence-electron chi connectivity index (χ0n) is 15.5. The molecule has 1 aromatic heterocycles. The van der Waals surface area contributed by atoms with E-state index in [4.69, 9.17) is 16.1 Å². The molecule has 0 saturated carbocycles. The molecule has 150 valence electrons. The van der Waals surface area contributed by atoms with Gasteiger partial charge in [0.15, 0.2) is 0 Å². The first-order valence-electron chi connectivity index (χ1n) is 8.86. The van der Waals surface area contributed by atoms with Crippen LogP contribution in [0.1, 0.15) is 25.7 Å². The minimum absolute atomic E-state index is 0.174. The fourth-order valence-electron chi connectivity index (χ4n) is 2.60. The molecule has 0 radical (unpaired) electrons. The van der Waals surface area contributed by atoms with Crippen LogP contribution >= 0.6 is 27.5 Å². The molecule has 7 nitrogen and oxygen atoms in total. The third-order valence-electron chi connectivity index (χ3n) is 3.93. The Bertz CT molecular complexity index is 1020. The van der Waals surface area contributed by atoms with Gasteiger partial charge in [-0.25, -0.2) is 0 Å². The third kappa shape index (κ3) is 6.13. The number of anilines is 2. The van der Waals surface area contributed by atoms with Gasteiger partial charge in [0, 0.05) is 34.8 Å². The highest BCUT2D eigenvalue weighted by molar-refractivity contribution is 9.10. The summed E-state index contributed by atoms with van der Waals surface area (Å²) in [7, 11) is 0. The Hall–Kier alpha value is -2.71. The molecule has 1 heterocycles. The van der Waals surface area contributed by atoms with E-state index in [1.54, 1.807) is 30.3 Å². The van der Waals surface area contributed by atoms with Crippen LogP contribution < -0.4 is 10.6 Å². The van der Waals surface area contributed by atoms with E-state index in [0.717, 1.165) is 10.0 Å². The quantitative estimate of drug-likeness (QED) is 0.495. The molecular formula is C20H18BrClN4O3. The number of aromatic nitrogens is 2. The predicted molar refractivity (Wildman–Crippen MR) is 115 cm³/mol. The van der Waals surface area contributed by atoms with Gasteiger partial charge in [0.2, 0.25) is 23.5 Å². The molecule has 3 aromatic rings. The van der Waals surface area contributed by atoms with E-state index in [1.807, 2.05) is 12.1 Å². The van der Waals surface area contributed by atoms with Crippen LogP contribution in [-0.2, 0) is 16.0 Å². The summed E-state index contributed by atoms with van der Waals surface area (Å²) in [6, 6.07) is 12.4. The topological polar surface area (TPSA) is 97.1 Å². The monoisotopic (exact) mass is 476 g/mol. The van der Waals surface area contributed by atoms with E-state index in [2.05, 4.69) is 36.7 Å².